The van der Waals surface area contributed by atoms with E-state index in [9.17, 15) is 9.59 Å². The van der Waals surface area contributed by atoms with Gasteiger partial charge in [0.25, 0.3) is 5.91 Å². The quantitative estimate of drug-likeness (QED) is 0.186. The summed E-state index contributed by atoms with van der Waals surface area (Å²) in [7, 11) is 4.62. The van der Waals surface area contributed by atoms with Crippen molar-refractivity contribution in [3.8, 4) is 6.19 Å². The van der Waals surface area contributed by atoms with Crippen LogP contribution in [0.4, 0.5) is 5.69 Å². The van der Waals surface area contributed by atoms with E-state index < -0.39 is 12.0 Å². The topological polar surface area (TPSA) is 108 Å². The summed E-state index contributed by atoms with van der Waals surface area (Å²) in [6.45, 7) is 7.80. The van der Waals surface area contributed by atoms with Gasteiger partial charge in [-0.2, -0.15) is 10.3 Å². The molecule has 0 N–H and O–H groups in total. The molecule has 0 unspecified atom stereocenters. The van der Waals surface area contributed by atoms with E-state index in [2.05, 4.69) is 9.98 Å². The first kappa shape index (κ1) is 29.6. The van der Waals surface area contributed by atoms with Crippen molar-refractivity contribution >= 4 is 35.0 Å². The maximum Gasteiger partial charge on any atom is 0.328 e. The summed E-state index contributed by atoms with van der Waals surface area (Å²) in [4.78, 5) is 35.0. The van der Waals surface area contributed by atoms with Crippen molar-refractivity contribution in [2.45, 2.75) is 40.3 Å². The lowest BCUT2D eigenvalue weighted by molar-refractivity contribution is -0.143. The fraction of sp³-hybridized carbons (Fsp3) is 0.400. The zero-order chi connectivity index (χ0) is 26.5. The molecule has 0 aliphatic carbocycles. The first-order valence-corrected chi connectivity index (χ1v) is 11.1. The van der Waals surface area contributed by atoms with Gasteiger partial charge in [-0.1, -0.05) is 35.9 Å². The molecule has 1 heterocycles. The monoisotopic (exact) mass is 501 g/mol. The van der Waals surface area contributed by atoms with Gasteiger partial charge < -0.3 is 14.4 Å². The number of para-hydroxylation sites is 1. The number of nitrogens with zero attached hydrogens (tertiary/aromatic N) is 5. The van der Waals surface area contributed by atoms with E-state index in [4.69, 9.17) is 26.3 Å². The Hall–Kier alpha value is -3.48. The molecule has 2 rings (SSSR count). The molecular formula is C25H32ClN5O4. The Morgan fingerprint density at radius 2 is 1.83 bits per heavy atom. The summed E-state index contributed by atoms with van der Waals surface area (Å²) >= 11 is 5.67. The molecule has 0 aliphatic rings. The highest BCUT2D eigenvalue weighted by molar-refractivity contribution is 6.29. The van der Waals surface area contributed by atoms with Gasteiger partial charge in [0.05, 0.1) is 12.8 Å². The molecule has 10 heteroatoms. The Morgan fingerprint density at radius 1 is 1.20 bits per heavy atom. The van der Waals surface area contributed by atoms with Gasteiger partial charge in [-0.05, 0) is 50.5 Å². The van der Waals surface area contributed by atoms with E-state index >= 15 is 0 Å². The zero-order valence-corrected chi connectivity index (χ0v) is 22.0. The number of amides is 1. The minimum atomic E-state index is -0.706. The van der Waals surface area contributed by atoms with Crippen LogP contribution in [0.1, 0.15) is 30.5 Å². The van der Waals surface area contributed by atoms with Crippen molar-refractivity contribution in [2.75, 3.05) is 32.8 Å². The molecular weight excluding hydrogens is 470 g/mol. The SMILES string of the molecule is C/C(=N\C#N)N(C)Cc1ccc(Cl)nc1.COCC(=O)N(c1c(C)cccc1C)[C@H](C)C(=O)OC. The maximum atomic E-state index is 12.3. The molecule has 1 amide bonds. The number of hydrogen-bond acceptors (Lipinski definition) is 7. The van der Waals surface area contributed by atoms with Crippen LogP contribution in [0.3, 0.4) is 0 Å². The van der Waals surface area contributed by atoms with Gasteiger partial charge in [-0.25, -0.2) is 9.78 Å². The van der Waals surface area contributed by atoms with Crippen LogP contribution >= 0.6 is 11.6 Å². The average Bonchev–Trinajstić information content (AvgIpc) is 2.82. The number of carbonyl (C=O) groups excluding carboxylic acids is 2. The normalized spacial score (nSPS) is 11.5. The van der Waals surface area contributed by atoms with Gasteiger partial charge in [0.2, 0.25) is 6.19 Å². The number of amidine groups is 1. The minimum Gasteiger partial charge on any atom is -0.467 e. The summed E-state index contributed by atoms with van der Waals surface area (Å²) in [6.07, 6.45) is 3.46. The van der Waals surface area contributed by atoms with Crippen LogP contribution in [0, 0.1) is 25.3 Å². The number of halogens is 1. The summed E-state index contributed by atoms with van der Waals surface area (Å²) in [5, 5.41) is 8.87. The van der Waals surface area contributed by atoms with E-state index in [1.54, 1.807) is 32.3 Å². The van der Waals surface area contributed by atoms with E-state index in [0.29, 0.717) is 17.5 Å². The standard InChI is InChI=1S/C15H21NO4.C10H11ClN4/c1-10-7-6-8-11(2)14(10)16(13(17)9-19-4)12(3)15(18)20-5;1-8(14-7-12)15(2)6-9-3-4-10(11)13-5-9/h6-8,12H,9H2,1-5H3;3-5H,6H2,1-2H3/b;14-8+/t12-;/m1./s1. The highest BCUT2D eigenvalue weighted by Gasteiger charge is 2.29. The number of aryl methyl sites for hydroxylation is 2. The number of benzene rings is 1. The molecule has 35 heavy (non-hydrogen) atoms. The van der Waals surface area contributed by atoms with Crippen LogP contribution in [0.15, 0.2) is 41.5 Å². The molecule has 2 aromatic rings. The van der Waals surface area contributed by atoms with Crippen LogP contribution < -0.4 is 4.90 Å². The lowest BCUT2D eigenvalue weighted by Crippen LogP contribution is -2.46. The zero-order valence-electron chi connectivity index (χ0n) is 21.2. The van der Waals surface area contributed by atoms with Crippen molar-refractivity contribution in [3.63, 3.8) is 0 Å². The number of anilines is 1. The predicted molar refractivity (Wildman–Crippen MR) is 136 cm³/mol. The number of pyridine rings is 1. The second-order valence-electron chi connectivity index (χ2n) is 7.74. The largest absolute Gasteiger partial charge is 0.467 e. The van der Waals surface area contributed by atoms with E-state index in [1.807, 2.05) is 50.1 Å². The number of aliphatic imine (C=N–C) groups is 1. The third-order valence-corrected chi connectivity index (χ3v) is 5.34. The summed E-state index contributed by atoms with van der Waals surface area (Å²) in [6, 6.07) is 8.64. The number of hydrogen-bond donors (Lipinski definition) is 0. The molecule has 0 saturated carbocycles. The van der Waals surface area contributed by atoms with Crippen LogP contribution in [-0.2, 0) is 25.6 Å². The molecule has 0 aliphatic heterocycles. The number of nitriles is 1. The lowest BCUT2D eigenvalue weighted by atomic mass is 10.1. The Morgan fingerprint density at radius 3 is 2.31 bits per heavy atom. The molecule has 0 saturated heterocycles. The molecule has 0 radical (unpaired) electrons. The van der Waals surface area contributed by atoms with Crippen LogP contribution in [0.2, 0.25) is 5.15 Å². The third-order valence-electron chi connectivity index (χ3n) is 5.12. The molecule has 1 aromatic carbocycles. The maximum absolute atomic E-state index is 12.3. The summed E-state index contributed by atoms with van der Waals surface area (Å²) in [5.74, 6) is -0.0626. The van der Waals surface area contributed by atoms with Crippen molar-refractivity contribution in [1.29, 1.82) is 5.26 Å². The highest BCUT2D eigenvalue weighted by atomic mass is 35.5. The minimum absolute atomic E-state index is 0.0882. The molecule has 0 spiro atoms. The lowest BCUT2D eigenvalue weighted by Gasteiger charge is -2.30. The Bertz CT molecular complexity index is 1050. The van der Waals surface area contributed by atoms with E-state index in [1.165, 1.54) is 19.1 Å². The summed E-state index contributed by atoms with van der Waals surface area (Å²) < 4.78 is 9.65. The second-order valence-corrected chi connectivity index (χ2v) is 8.13. The van der Waals surface area contributed by atoms with Gasteiger partial charge in [-0.15, -0.1) is 0 Å². The number of carbonyl (C=O) groups is 2. The van der Waals surface area contributed by atoms with Crippen molar-refractivity contribution in [3.05, 3.63) is 58.4 Å². The van der Waals surface area contributed by atoms with Crippen molar-refractivity contribution in [1.82, 2.24) is 9.88 Å². The third kappa shape index (κ3) is 9.00. The smallest absolute Gasteiger partial charge is 0.328 e. The molecule has 9 nitrogen and oxygen atoms in total. The Balaban J connectivity index is 0.000000365. The van der Waals surface area contributed by atoms with Crippen LogP contribution in [-0.4, -0.2) is 61.5 Å². The molecule has 188 valence electrons. The number of esters is 1. The van der Waals surface area contributed by atoms with Gasteiger partial charge >= 0.3 is 5.97 Å². The first-order chi connectivity index (χ1) is 16.6. The molecule has 0 fully saturated rings. The number of aromatic nitrogens is 1. The van der Waals surface area contributed by atoms with Crippen LogP contribution in [0.25, 0.3) is 0 Å². The predicted octanol–water partition coefficient (Wildman–Crippen LogP) is 3.91. The Kier molecular flexibility index (Phi) is 12.4. The molecule has 1 aromatic heterocycles. The van der Waals surface area contributed by atoms with Gasteiger partial charge in [0.1, 0.15) is 23.6 Å². The van der Waals surface area contributed by atoms with Gasteiger partial charge in [0, 0.05) is 26.9 Å². The average molecular weight is 502 g/mol. The molecule has 1 atom stereocenters. The van der Waals surface area contributed by atoms with E-state index in [-0.39, 0.29) is 12.5 Å². The Labute approximate surface area is 211 Å². The molecule has 0 bridgehead atoms. The van der Waals surface area contributed by atoms with Crippen LogP contribution in [0.5, 0.6) is 0 Å². The first-order valence-electron chi connectivity index (χ1n) is 10.8. The summed E-state index contributed by atoms with van der Waals surface area (Å²) in [5.41, 5.74) is 3.59. The number of rotatable bonds is 7. The number of ether oxygens (including phenoxy) is 2. The number of methoxy groups -OCH3 is 2. The van der Waals surface area contributed by atoms with Gasteiger partial charge in [-0.3, -0.25) is 9.69 Å². The van der Waals surface area contributed by atoms with Crippen molar-refractivity contribution < 1.29 is 19.1 Å². The van der Waals surface area contributed by atoms with E-state index in [0.717, 1.165) is 22.4 Å². The fourth-order valence-electron chi connectivity index (χ4n) is 3.23. The van der Waals surface area contributed by atoms with Crippen molar-refractivity contribution in [2.24, 2.45) is 4.99 Å². The highest BCUT2D eigenvalue weighted by Crippen LogP contribution is 2.27. The second kappa shape index (κ2) is 14.7. The fourth-order valence-corrected chi connectivity index (χ4v) is 3.35. The van der Waals surface area contributed by atoms with Gasteiger partial charge in [0.15, 0.2) is 0 Å².